The summed E-state index contributed by atoms with van der Waals surface area (Å²) in [6.45, 7) is 6.00. The molecule has 7 heteroatoms. The molecule has 2 unspecified atom stereocenters. The van der Waals surface area contributed by atoms with Gasteiger partial charge in [0.1, 0.15) is 11.3 Å². The van der Waals surface area contributed by atoms with E-state index >= 15 is 0 Å². The topological polar surface area (TPSA) is 78.7 Å². The standard InChI is InChI=1S/C21H26N4O3/c1-13-19(14-4-8-24(13)9-5-14)23-20(26)16-11-17-15(12-22-16)10-18(28-17)21(27)25-6-2-3-7-25/h10-14,19H,2-9H2,1H3,(H,23,26). The van der Waals surface area contributed by atoms with Crippen molar-refractivity contribution >= 4 is 22.8 Å². The minimum atomic E-state index is -0.170. The Morgan fingerprint density at radius 3 is 2.61 bits per heavy atom. The van der Waals surface area contributed by atoms with E-state index in [0.717, 1.165) is 57.2 Å². The van der Waals surface area contributed by atoms with E-state index in [1.807, 2.05) is 4.90 Å². The van der Waals surface area contributed by atoms with Gasteiger partial charge in [-0.25, -0.2) is 0 Å². The molecule has 2 aromatic heterocycles. The van der Waals surface area contributed by atoms with Crippen LogP contribution < -0.4 is 5.32 Å². The number of likely N-dealkylation sites (tertiary alicyclic amines) is 1. The van der Waals surface area contributed by atoms with Crippen molar-refractivity contribution in [1.82, 2.24) is 20.1 Å². The maximum atomic E-state index is 12.8. The van der Waals surface area contributed by atoms with E-state index in [2.05, 4.69) is 22.1 Å². The number of hydrogen-bond donors (Lipinski definition) is 1. The molecule has 148 valence electrons. The van der Waals surface area contributed by atoms with E-state index in [1.165, 1.54) is 0 Å². The average Bonchev–Trinajstić information content (AvgIpc) is 3.39. The number of amides is 2. The second-order valence-corrected chi connectivity index (χ2v) is 8.33. The summed E-state index contributed by atoms with van der Waals surface area (Å²) in [7, 11) is 0. The molecular formula is C21H26N4O3. The Bertz CT molecular complexity index is 908. The maximum Gasteiger partial charge on any atom is 0.289 e. The molecule has 0 spiro atoms. The molecule has 2 bridgehead atoms. The van der Waals surface area contributed by atoms with Crippen LogP contribution in [0.2, 0.25) is 0 Å². The van der Waals surface area contributed by atoms with Gasteiger partial charge in [-0.1, -0.05) is 0 Å². The fourth-order valence-corrected chi connectivity index (χ4v) is 5.01. The lowest BCUT2D eigenvalue weighted by molar-refractivity contribution is 0.0216. The van der Waals surface area contributed by atoms with Crippen LogP contribution in [0, 0.1) is 5.92 Å². The highest BCUT2D eigenvalue weighted by atomic mass is 16.3. The molecule has 28 heavy (non-hydrogen) atoms. The van der Waals surface area contributed by atoms with Crippen LogP contribution in [-0.4, -0.2) is 64.9 Å². The van der Waals surface area contributed by atoms with Gasteiger partial charge in [0.2, 0.25) is 0 Å². The van der Waals surface area contributed by atoms with Gasteiger partial charge in [-0.15, -0.1) is 0 Å². The molecule has 4 aliphatic rings. The molecule has 6 rings (SSSR count). The fourth-order valence-electron chi connectivity index (χ4n) is 5.01. The lowest BCUT2D eigenvalue weighted by Crippen LogP contribution is -2.62. The van der Waals surface area contributed by atoms with E-state index in [0.29, 0.717) is 29.0 Å². The Morgan fingerprint density at radius 2 is 1.89 bits per heavy atom. The van der Waals surface area contributed by atoms with Crippen LogP contribution in [0.1, 0.15) is 53.7 Å². The summed E-state index contributed by atoms with van der Waals surface area (Å²) in [5.41, 5.74) is 0.871. The SMILES string of the molecule is CC1C(NC(=O)c2cc3oc(C(=O)N4CCCC4)cc3cn2)C2CCN1CC2. The number of carbonyl (C=O) groups is 2. The van der Waals surface area contributed by atoms with Crippen LogP contribution in [0.5, 0.6) is 0 Å². The molecule has 0 aliphatic carbocycles. The van der Waals surface area contributed by atoms with E-state index in [1.54, 1.807) is 18.3 Å². The van der Waals surface area contributed by atoms with Crippen LogP contribution >= 0.6 is 0 Å². The largest absolute Gasteiger partial charge is 0.451 e. The lowest BCUT2D eigenvalue weighted by atomic mass is 9.79. The Hall–Kier alpha value is -2.41. The van der Waals surface area contributed by atoms with Gasteiger partial charge < -0.3 is 14.6 Å². The maximum absolute atomic E-state index is 12.8. The zero-order valence-electron chi connectivity index (χ0n) is 16.2. The third kappa shape index (κ3) is 2.98. The predicted octanol–water partition coefficient (Wildman–Crippen LogP) is 2.28. The van der Waals surface area contributed by atoms with E-state index < -0.39 is 0 Å². The van der Waals surface area contributed by atoms with Crippen molar-refractivity contribution in [3.05, 3.63) is 29.8 Å². The van der Waals surface area contributed by atoms with Gasteiger partial charge in [0.05, 0.1) is 0 Å². The summed E-state index contributed by atoms with van der Waals surface area (Å²) in [4.78, 5) is 33.9. The van der Waals surface area contributed by atoms with Crippen molar-refractivity contribution in [2.75, 3.05) is 26.2 Å². The van der Waals surface area contributed by atoms with Crippen molar-refractivity contribution in [3.8, 4) is 0 Å². The lowest BCUT2D eigenvalue weighted by Gasteiger charge is -2.49. The summed E-state index contributed by atoms with van der Waals surface area (Å²) in [6.07, 6.45) is 5.98. The molecule has 2 amide bonds. The first kappa shape index (κ1) is 17.7. The van der Waals surface area contributed by atoms with Crippen molar-refractivity contribution in [1.29, 1.82) is 0 Å². The molecule has 0 radical (unpaired) electrons. The van der Waals surface area contributed by atoms with Crippen molar-refractivity contribution in [3.63, 3.8) is 0 Å². The van der Waals surface area contributed by atoms with Crippen LogP contribution in [0.3, 0.4) is 0 Å². The number of pyridine rings is 1. The zero-order chi connectivity index (χ0) is 19.3. The minimum Gasteiger partial charge on any atom is -0.451 e. The quantitative estimate of drug-likeness (QED) is 0.881. The number of carbonyl (C=O) groups excluding carboxylic acids is 2. The van der Waals surface area contributed by atoms with Gasteiger partial charge in [-0.2, -0.15) is 0 Å². The molecule has 4 saturated heterocycles. The van der Waals surface area contributed by atoms with Crippen LogP contribution in [0.25, 0.3) is 11.0 Å². The van der Waals surface area contributed by atoms with E-state index in [4.69, 9.17) is 4.42 Å². The smallest absolute Gasteiger partial charge is 0.289 e. The van der Waals surface area contributed by atoms with Crippen LogP contribution in [-0.2, 0) is 0 Å². The first-order chi connectivity index (χ1) is 13.6. The summed E-state index contributed by atoms with van der Waals surface area (Å²) in [5.74, 6) is 0.611. The summed E-state index contributed by atoms with van der Waals surface area (Å²) >= 11 is 0. The number of nitrogens with one attached hydrogen (secondary N) is 1. The first-order valence-electron chi connectivity index (χ1n) is 10.3. The number of rotatable bonds is 3. The number of hydrogen-bond acceptors (Lipinski definition) is 5. The van der Waals surface area contributed by atoms with E-state index in [9.17, 15) is 9.59 Å². The van der Waals surface area contributed by atoms with Crippen LogP contribution in [0.15, 0.2) is 22.7 Å². The normalized spacial score (nSPS) is 29.4. The zero-order valence-corrected chi connectivity index (χ0v) is 16.2. The van der Waals surface area contributed by atoms with Gasteiger partial charge in [0.25, 0.3) is 11.8 Å². The second-order valence-electron chi connectivity index (χ2n) is 8.33. The fraction of sp³-hybridized carbons (Fsp3) is 0.571. The number of aromatic nitrogens is 1. The van der Waals surface area contributed by atoms with Gasteiger partial charge in [-0.05, 0) is 57.7 Å². The summed E-state index contributed by atoms with van der Waals surface area (Å²) in [6, 6.07) is 3.89. The van der Waals surface area contributed by atoms with Crippen molar-refractivity contribution in [2.24, 2.45) is 5.92 Å². The Labute approximate surface area is 164 Å². The van der Waals surface area contributed by atoms with Crippen molar-refractivity contribution < 1.29 is 14.0 Å². The summed E-state index contributed by atoms with van der Waals surface area (Å²) < 4.78 is 5.77. The van der Waals surface area contributed by atoms with Gasteiger partial charge >= 0.3 is 0 Å². The monoisotopic (exact) mass is 382 g/mol. The van der Waals surface area contributed by atoms with Gasteiger partial charge in [0.15, 0.2) is 5.76 Å². The number of piperidine rings is 3. The molecule has 0 aromatic carbocycles. The van der Waals surface area contributed by atoms with Gasteiger partial charge in [0, 0.05) is 42.8 Å². The molecule has 4 aliphatic heterocycles. The van der Waals surface area contributed by atoms with E-state index in [-0.39, 0.29) is 17.9 Å². The molecule has 4 fully saturated rings. The van der Waals surface area contributed by atoms with Gasteiger partial charge in [-0.3, -0.25) is 19.5 Å². The molecule has 1 N–H and O–H groups in total. The third-order valence-electron chi connectivity index (χ3n) is 6.71. The minimum absolute atomic E-state index is 0.0826. The Balaban J connectivity index is 1.34. The molecule has 2 atom stereocenters. The second kappa shape index (κ2) is 6.88. The number of nitrogens with zero attached hydrogens (tertiary/aromatic N) is 3. The first-order valence-corrected chi connectivity index (χ1v) is 10.3. The predicted molar refractivity (Wildman–Crippen MR) is 104 cm³/mol. The highest BCUT2D eigenvalue weighted by Gasteiger charge is 2.40. The third-order valence-corrected chi connectivity index (χ3v) is 6.71. The Kier molecular flexibility index (Phi) is 4.34. The molecular weight excluding hydrogens is 356 g/mol. The Morgan fingerprint density at radius 1 is 1.14 bits per heavy atom. The highest BCUT2D eigenvalue weighted by molar-refractivity contribution is 5.98. The van der Waals surface area contributed by atoms with Crippen LogP contribution in [0.4, 0.5) is 0 Å². The van der Waals surface area contributed by atoms with Crippen molar-refractivity contribution in [2.45, 2.75) is 44.7 Å². The number of fused-ring (bicyclic) bond motifs is 4. The molecule has 2 aromatic rings. The average molecular weight is 382 g/mol. The molecule has 6 heterocycles. The summed E-state index contributed by atoms with van der Waals surface area (Å²) in [5, 5.41) is 3.94. The molecule has 0 saturated carbocycles. The molecule has 7 nitrogen and oxygen atoms in total. The highest BCUT2D eigenvalue weighted by Crippen LogP contribution is 2.32. The number of furan rings is 1.